The number of hydrogen-bond acceptors (Lipinski definition) is 3. The van der Waals surface area contributed by atoms with Gasteiger partial charge in [-0.1, -0.05) is 11.6 Å². The third-order valence-electron chi connectivity index (χ3n) is 4.00. The zero-order valence-electron chi connectivity index (χ0n) is 10.4. The SMILES string of the molecule is O=C(c1c[nH]c(=O)c(Cl)c1)N1CCCC1C1(O)CC1. The van der Waals surface area contributed by atoms with Gasteiger partial charge in [-0.15, -0.1) is 0 Å². The minimum Gasteiger partial charge on any atom is -0.388 e. The Morgan fingerprint density at radius 1 is 1.53 bits per heavy atom. The standard InChI is InChI=1S/C13H15ClN2O3/c14-9-6-8(7-15-11(9)17)12(18)16-5-1-2-10(16)13(19)3-4-13/h6-7,10,19H,1-5H2,(H,15,17). The van der Waals surface area contributed by atoms with Crippen LogP contribution in [-0.2, 0) is 0 Å². The van der Waals surface area contributed by atoms with E-state index in [2.05, 4.69) is 4.98 Å². The molecule has 2 aliphatic rings. The van der Waals surface area contributed by atoms with Crippen LogP contribution in [-0.4, -0.2) is 39.1 Å². The number of H-pyrrole nitrogens is 1. The number of likely N-dealkylation sites (tertiary alicyclic amines) is 1. The highest BCUT2D eigenvalue weighted by atomic mass is 35.5. The van der Waals surface area contributed by atoms with Crippen molar-refractivity contribution >= 4 is 17.5 Å². The van der Waals surface area contributed by atoms with Crippen LogP contribution in [0.5, 0.6) is 0 Å². The Kier molecular flexibility index (Phi) is 2.91. The number of pyridine rings is 1. The zero-order chi connectivity index (χ0) is 13.6. The van der Waals surface area contributed by atoms with Crippen molar-refractivity contribution in [2.45, 2.75) is 37.3 Å². The highest BCUT2D eigenvalue weighted by Crippen LogP contribution is 2.44. The van der Waals surface area contributed by atoms with Gasteiger partial charge in [0.1, 0.15) is 5.02 Å². The summed E-state index contributed by atoms with van der Waals surface area (Å²) in [6.07, 6.45) is 4.62. The number of rotatable bonds is 2. The number of halogens is 1. The molecule has 0 bridgehead atoms. The normalized spacial score (nSPS) is 24.5. The molecule has 0 aromatic carbocycles. The average Bonchev–Trinajstić information content (AvgIpc) is 2.94. The molecule has 1 unspecified atom stereocenters. The topological polar surface area (TPSA) is 73.4 Å². The van der Waals surface area contributed by atoms with Crippen LogP contribution in [0.4, 0.5) is 0 Å². The Bertz CT molecular complexity index is 579. The summed E-state index contributed by atoms with van der Waals surface area (Å²) >= 11 is 5.74. The number of nitrogens with zero attached hydrogens (tertiary/aromatic N) is 1. The van der Waals surface area contributed by atoms with Crippen LogP contribution in [0.3, 0.4) is 0 Å². The fourth-order valence-corrected chi connectivity index (χ4v) is 2.95. The quantitative estimate of drug-likeness (QED) is 0.855. The summed E-state index contributed by atoms with van der Waals surface area (Å²) in [5.41, 5.74) is -0.740. The largest absolute Gasteiger partial charge is 0.388 e. The Morgan fingerprint density at radius 2 is 2.26 bits per heavy atom. The first-order chi connectivity index (χ1) is 9.01. The molecule has 1 aromatic heterocycles. The summed E-state index contributed by atoms with van der Waals surface area (Å²) in [7, 11) is 0. The highest BCUT2D eigenvalue weighted by molar-refractivity contribution is 6.30. The third-order valence-corrected chi connectivity index (χ3v) is 4.28. The molecule has 102 valence electrons. The molecule has 5 nitrogen and oxygen atoms in total. The van der Waals surface area contributed by atoms with E-state index >= 15 is 0 Å². The maximum atomic E-state index is 12.4. The second-order valence-corrected chi connectivity index (χ2v) is 5.73. The van der Waals surface area contributed by atoms with E-state index in [1.165, 1.54) is 12.3 Å². The number of aliphatic hydroxyl groups is 1. The van der Waals surface area contributed by atoms with Crippen molar-refractivity contribution in [3.8, 4) is 0 Å². The molecule has 1 aliphatic heterocycles. The number of carbonyl (C=O) groups excluding carboxylic acids is 1. The van der Waals surface area contributed by atoms with E-state index in [-0.39, 0.29) is 17.0 Å². The molecule has 2 N–H and O–H groups in total. The minimum atomic E-state index is -0.696. The zero-order valence-corrected chi connectivity index (χ0v) is 11.1. The van der Waals surface area contributed by atoms with Gasteiger partial charge in [0.25, 0.3) is 11.5 Å². The summed E-state index contributed by atoms with van der Waals surface area (Å²) < 4.78 is 0. The second-order valence-electron chi connectivity index (χ2n) is 5.33. The number of nitrogens with one attached hydrogen (secondary N) is 1. The van der Waals surface area contributed by atoms with Gasteiger partial charge in [-0.05, 0) is 31.7 Å². The van der Waals surface area contributed by atoms with Crippen LogP contribution in [0, 0.1) is 0 Å². The minimum absolute atomic E-state index is 0.00623. The molecule has 2 heterocycles. The smallest absolute Gasteiger partial charge is 0.266 e. The van der Waals surface area contributed by atoms with Gasteiger partial charge >= 0.3 is 0 Å². The van der Waals surface area contributed by atoms with Crippen LogP contribution < -0.4 is 5.56 Å². The highest BCUT2D eigenvalue weighted by Gasteiger charge is 2.52. The summed E-state index contributed by atoms with van der Waals surface area (Å²) in [4.78, 5) is 27.8. The van der Waals surface area contributed by atoms with E-state index in [0.717, 1.165) is 25.7 Å². The lowest BCUT2D eigenvalue weighted by atomic mass is 10.1. The maximum Gasteiger partial charge on any atom is 0.266 e. The monoisotopic (exact) mass is 282 g/mol. The van der Waals surface area contributed by atoms with Gasteiger partial charge in [-0.3, -0.25) is 9.59 Å². The van der Waals surface area contributed by atoms with Crippen molar-refractivity contribution in [1.29, 1.82) is 0 Å². The molecule has 2 fully saturated rings. The van der Waals surface area contributed by atoms with E-state index in [9.17, 15) is 14.7 Å². The molecule has 3 rings (SSSR count). The second kappa shape index (κ2) is 4.35. The van der Waals surface area contributed by atoms with Gasteiger partial charge in [-0.25, -0.2) is 0 Å². The van der Waals surface area contributed by atoms with Crippen LogP contribution in [0.1, 0.15) is 36.0 Å². The number of hydrogen-bond donors (Lipinski definition) is 2. The number of amides is 1. The van der Waals surface area contributed by atoms with Crippen molar-refractivity contribution in [2.24, 2.45) is 0 Å². The first-order valence-corrected chi connectivity index (χ1v) is 6.81. The molecule has 0 spiro atoms. The predicted octanol–water partition coefficient (Wildman–Crippen LogP) is 1.16. The van der Waals surface area contributed by atoms with Crippen molar-refractivity contribution in [3.63, 3.8) is 0 Å². The lowest BCUT2D eigenvalue weighted by Crippen LogP contribution is -2.44. The van der Waals surface area contributed by atoms with E-state index < -0.39 is 11.2 Å². The Labute approximate surface area is 115 Å². The molecule has 1 amide bonds. The molecule has 1 saturated carbocycles. The maximum absolute atomic E-state index is 12.4. The molecule has 1 aliphatic carbocycles. The molecule has 19 heavy (non-hydrogen) atoms. The first-order valence-electron chi connectivity index (χ1n) is 6.43. The van der Waals surface area contributed by atoms with E-state index in [1.807, 2.05) is 0 Å². The van der Waals surface area contributed by atoms with Crippen LogP contribution in [0.25, 0.3) is 0 Å². The van der Waals surface area contributed by atoms with E-state index in [1.54, 1.807) is 4.90 Å². The van der Waals surface area contributed by atoms with Crippen molar-refractivity contribution < 1.29 is 9.90 Å². The third kappa shape index (κ3) is 2.17. The Balaban J connectivity index is 1.86. The summed E-state index contributed by atoms with van der Waals surface area (Å²) in [6, 6.07) is 1.28. The Morgan fingerprint density at radius 3 is 2.89 bits per heavy atom. The lowest BCUT2D eigenvalue weighted by Gasteiger charge is -2.28. The lowest BCUT2D eigenvalue weighted by molar-refractivity contribution is 0.0386. The van der Waals surface area contributed by atoms with Crippen LogP contribution in [0.2, 0.25) is 5.02 Å². The molecule has 1 aromatic rings. The van der Waals surface area contributed by atoms with Gasteiger partial charge < -0.3 is 15.0 Å². The molecular formula is C13H15ClN2O3. The van der Waals surface area contributed by atoms with Gasteiger partial charge in [0.05, 0.1) is 17.2 Å². The molecule has 6 heteroatoms. The first kappa shape index (κ1) is 12.7. The molecule has 1 atom stereocenters. The van der Waals surface area contributed by atoms with Gasteiger partial charge in [0.15, 0.2) is 0 Å². The summed E-state index contributed by atoms with van der Waals surface area (Å²) in [5, 5.41) is 10.2. The van der Waals surface area contributed by atoms with Crippen LogP contribution >= 0.6 is 11.6 Å². The molecule has 0 radical (unpaired) electrons. The van der Waals surface area contributed by atoms with Crippen molar-refractivity contribution in [1.82, 2.24) is 9.88 Å². The number of aromatic amines is 1. The Hall–Kier alpha value is -1.33. The predicted molar refractivity (Wildman–Crippen MR) is 70.3 cm³/mol. The summed E-state index contributed by atoms with van der Waals surface area (Å²) in [6.45, 7) is 0.641. The average molecular weight is 283 g/mol. The molecule has 1 saturated heterocycles. The van der Waals surface area contributed by atoms with E-state index in [0.29, 0.717) is 12.1 Å². The van der Waals surface area contributed by atoms with Gasteiger partial charge in [0, 0.05) is 12.7 Å². The molecular weight excluding hydrogens is 268 g/mol. The van der Waals surface area contributed by atoms with Gasteiger partial charge in [-0.2, -0.15) is 0 Å². The van der Waals surface area contributed by atoms with Crippen LogP contribution in [0.15, 0.2) is 17.1 Å². The summed E-state index contributed by atoms with van der Waals surface area (Å²) in [5.74, 6) is -0.180. The van der Waals surface area contributed by atoms with Gasteiger partial charge in [0.2, 0.25) is 0 Å². The fourth-order valence-electron chi connectivity index (χ4n) is 2.78. The fraction of sp³-hybridized carbons (Fsp3) is 0.538. The number of aromatic nitrogens is 1. The van der Waals surface area contributed by atoms with E-state index in [4.69, 9.17) is 11.6 Å². The van der Waals surface area contributed by atoms with Crippen molar-refractivity contribution in [3.05, 3.63) is 33.2 Å². The van der Waals surface area contributed by atoms with Crippen molar-refractivity contribution in [2.75, 3.05) is 6.54 Å². The number of carbonyl (C=O) groups is 1.